The van der Waals surface area contributed by atoms with Crippen LogP contribution in [-0.4, -0.2) is 120 Å². The lowest BCUT2D eigenvalue weighted by atomic mass is 9.91. The average Bonchev–Trinajstić information content (AvgIpc) is 3.46. The van der Waals surface area contributed by atoms with E-state index in [1.165, 1.54) is 5.56 Å². The van der Waals surface area contributed by atoms with Crippen molar-refractivity contribution in [2.45, 2.75) is 70.4 Å². The van der Waals surface area contributed by atoms with Gasteiger partial charge in [-0.3, -0.25) is 14.5 Å². The fourth-order valence-corrected chi connectivity index (χ4v) is 8.93. The number of piperidine rings is 2. The van der Waals surface area contributed by atoms with Gasteiger partial charge in [0.1, 0.15) is 0 Å². The molecule has 1 atom stereocenters. The lowest BCUT2D eigenvalue weighted by Crippen LogP contribution is -2.53. The van der Waals surface area contributed by atoms with Gasteiger partial charge in [-0.2, -0.15) is 0 Å². The van der Waals surface area contributed by atoms with Crippen LogP contribution in [0.4, 0.5) is 16.2 Å². The van der Waals surface area contributed by atoms with Gasteiger partial charge in [0.05, 0.1) is 22.3 Å². The van der Waals surface area contributed by atoms with Gasteiger partial charge in [0.15, 0.2) is 0 Å². The molecule has 0 unspecified atom stereocenters. The third-order valence-electron chi connectivity index (χ3n) is 10.9. The molecule has 4 aliphatic rings. The van der Waals surface area contributed by atoms with Gasteiger partial charge in [-0.15, -0.1) is 11.3 Å². The molecule has 10 nitrogen and oxygen atoms in total. The minimum atomic E-state index is -0.472. The second-order valence-electron chi connectivity index (χ2n) is 13.8. The molecule has 0 aliphatic carbocycles. The highest BCUT2D eigenvalue weighted by Gasteiger charge is 2.36. The number of nitrogens with one attached hydrogen (secondary N) is 1. The second-order valence-corrected chi connectivity index (χ2v) is 15.0. The number of anilines is 2. The Morgan fingerprint density at radius 1 is 0.957 bits per heavy atom. The van der Waals surface area contributed by atoms with Gasteiger partial charge in [-0.05, 0) is 80.1 Å². The summed E-state index contributed by atoms with van der Waals surface area (Å²) in [5, 5.41) is 7.67. The monoisotopic (exact) mass is 683 g/mol. The van der Waals surface area contributed by atoms with Crippen LogP contribution in [0.25, 0.3) is 0 Å². The van der Waals surface area contributed by atoms with E-state index in [0.29, 0.717) is 42.8 Å². The lowest BCUT2D eigenvalue weighted by Gasteiger charge is -2.42. The van der Waals surface area contributed by atoms with E-state index in [9.17, 15) is 14.4 Å². The van der Waals surface area contributed by atoms with E-state index >= 15 is 0 Å². The highest BCUT2D eigenvalue weighted by atomic mass is 35.5. The van der Waals surface area contributed by atoms with Crippen LogP contribution in [0.15, 0.2) is 22.9 Å². The van der Waals surface area contributed by atoms with Crippen LogP contribution in [0, 0.1) is 5.92 Å². The molecule has 6 rings (SSSR count). The van der Waals surface area contributed by atoms with Crippen molar-refractivity contribution in [3.8, 4) is 0 Å². The fourth-order valence-electron chi connectivity index (χ4n) is 7.85. The van der Waals surface area contributed by atoms with Crippen LogP contribution >= 0.6 is 22.9 Å². The number of piperazine rings is 1. The van der Waals surface area contributed by atoms with Gasteiger partial charge in [-0.25, -0.2) is 4.79 Å². The first-order valence-electron chi connectivity index (χ1n) is 17.4. The zero-order valence-electron chi connectivity index (χ0n) is 27.9. The van der Waals surface area contributed by atoms with Crippen molar-refractivity contribution in [2.75, 3.05) is 77.0 Å². The largest absolute Gasteiger partial charge is 0.397 e. The van der Waals surface area contributed by atoms with E-state index in [0.717, 1.165) is 94.6 Å². The number of urea groups is 1. The summed E-state index contributed by atoms with van der Waals surface area (Å²) in [7, 11) is 2.17. The summed E-state index contributed by atoms with van der Waals surface area (Å²) in [6, 6.07) is 4.45. The highest BCUT2D eigenvalue weighted by Crippen LogP contribution is 2.30. The molecule has 1 aromatic heterocycles. The molecule has 2 aromatic rings. The molecule has 0 saturated carbocycles. The van der Waals surface area contributed by atoms with Crippen molar-refractivity contribution in [1.82, 2.24) is 24.5 Å². The third kappa shape index (κ3) is 7.90. The molecule has 47 heavy (non-hydrogen) atoms. The lowest BCUT2D eigenvalue weighted by molar-refractivity contribution is -0.143. The summed E-state index contributed by atoms with van der Waals surface area (Å²) in [5.74, 6) is -0.404. The number of aryl methyl sites for hydroxylation is 1. The first-order valence-corrected chi connectivity index (χ1v) is 18.7. The van der Waals surface area contributed by atoms with Crippen molar-refractivity contribution in [3.05, 3.63) is 44.6 Å². The van der Waals surface area contributed by atoms with Crippen molar-refractivity contribution in [2.24, 2.45) is 5.92 Å². The van der Waals surface area contributed by atoms with Gasteiger partial charge in [0.2, 0.25) is 11.8 Å². The molecular weight excluding hydrogens is 634 g/mol. The first kappa shape index (κ1) is 34.0. The molecule has 1 aromatic carbocycles. The number of likely N-dealkylation sites (N-methyl/N-ethyl adjacent to an activating group) is 1. The average molecular weight is 684 g/mol. The van der Waals surface area contributed by atoms with Crippen LogP contribution in [0.2, 0.25) is 5.02 Å². The van der Waals surface area contributed by atoms with Crippen LogP contribution in [-0.2, 0) is 28.9 Å². The van der Waals surface area contributed by atoms with Gasteiger partial charge in [-0.1, -0.05) is 24.6 Å². The number of thiophene rings is 1. The highest BCUT2D eigenvalue weighted by molar-refractivity contribution is 7.08. The number of carbonyl (C=O) groups excluding carboxylic acids is 3. The SMILES string of the molecule is CCc1cc(C[C@@H](CC(=O)N2CCC(N3CCc4cscc4NC3=O)CC2)C(=O)N2CCC(N3CCN(C)CC3)CC2)cc(Cl)c1N. The Morgan fingerprint density at radius 3 is 2.34 bits per heavy atom. The van der Waals surface area contributed by atoms with E-state index in [1.807, 2.05) is 39.1 Å². The fraction of sp³-hybridized carbons (Fsp3) is 0.629. The Kier molecular flexibility index (Phi) is 11.0. The van der Waals surface area contributed by atoms with E-state index in [2.05, 4.69) is 27.5 Å². The summed E-state index contributed by atoms with van der Waals surface area (Å²) < 4.78 is 0. The van der Waals surface area contributed by atoms with Crippen molar-refractivity contribution >= 4 is 52.2 Å². The van der Waals surface area contributed by atoms with Crippen LogP contribution in [0.5, 0.6) is 0 Å². The first-order chi connectivity index (χ1) is 22.7. The van der Waals surface area contributed by atoms with Crippen LogP contribution in [0.1, 0.15) is 55.7 Å². The molecule has 0 spiro atoms. The molecule has 12 heteroatoms. The van der Waals surface area contributed by atoms with Crippen LogP contribution in [0.3, 0.4) is 0 Å². The Bertz CT molecular complexity index is 1430. The zero-order valence-corrected chi connectivity index (χ0v) is 29.5. The molecule has 0 radical (unpaired) electrons. The molecular formula is C35H50ClN7O3S. The van der Waals surface area contributed by atoms with Gasteiger partial charge >= 0.3 is 6.03 Å². The number of amides is 4. The molecule has 3 saturated heterocycles. The minimum absolute atomic E-state index is 0.00793. The summed E-state index contributed by atoms with van der Waals surface area (Å²) in [6.07, 6.45) is 5.59. The van der Waals surface area contributed by atoms with Crippen molar-refractivity contribution < 1.29 is 14.4 Å². The zero-order chi connectivity index (χ0) is 33.1. The number of halogens is 1. The summed E-state index contributed by atoms with van der Waals surface area (Å²) >= 11 is 8.13. The van der Waals surface area contributed by atoms with Crippen molar-refractivity contribution in [3.63, 3.8) is 0 Å². The Hall–Kier alpha value is -2.86. The van der Waals surface area contributed by atoms with Gasteiger partial charge in [0.25, 0.3) is 0 Å². The summed E-state index contributed by atoms with van der Waals surface area (Å²) in [5.41, 5.74) is 10.8. The van der Waals surface area contributed by atoms with Crippen LogP contribution < -0.4 is 11.1 Å². The van der Waals surface area contributed by atoms with Gasteiger partial charge < -0.3 is 30.7 Å². The number of nitrogen functional groups attached to an aromatic ring is 1. The molecule has 4 amide bonds. The number of fused-ring (bicyclic) bond motifs is 1. The topological polar surface area (TPSA) is 105 Å². The Balaban J connectivity index is 1.09. The maximum atomic E-state index is 14.2. The second kappa shape index (κ2) is 15.1. The summed E-state index contributed by atoms with van der Waals surface area (Å²) in [6.45, 7) is 9.67. The number of hydrogen-bond acceptors (Lipinski definition) is 7. The molecule has 5 heterocycles. The van der Waals surface area contributed by atoms with Gasteiger partial charge in [0, 0.05) is 82.8 Å². The maximum Gasteiger partial charge on any atom is 0.322 e. The standard InChI is InChI=1S/C35H50ClN7O3S/c1-3-25-18-24(20-30(36)33(25)37)19-27(34(45)42-11-5-28(6-12-42)40-16-14-39(2)15-17-40)21-32(44)41-9-7-29(8-10-41)43-13-4-26-22-47-23-31(26)38-35(43)46/h18,20,22-23,27-29H,3-17,19,21,37H2,1-2H3,(H,38,46)/t27-/m0/s1. The predicted molar refractivity (Wildman–Crippen MR) is 189 cm³/mol. The Morgan fingerprint density at radius 2 is 1.64 bits per heavy atom. The molecule has 4 aliphatic heterocycles. The van der Waals surface area contributed by atoms with Crippen molar-refractivity contribution in [1.29, 1.82) is 0 Å². The third-order valence-corrected chi connectivity index (χ3v) is 12.0. The number of rotatable bonds is 8. The van der Waals surface area contributed by atoms with E-state index < -0.39 is 5.92 Å². The number of benzene rings is 1. The van der Waals surface area contributed by atoms with E-state index in [4.69, 9.17) is 17.3 Å². The smallest absolute Gasteiger partial charge is 0.322 e. The number of nitrogens with zero attached hydrogens (tertiary/aromatic N) is 5. The van der Waals surface area contributed by atoms with E-state index in [-0.39, 0.29) is 30.3 Å². The number of carbonyl (C=O) groups is 3. The number of nitrogens with two attached hydrogens (primary N) is 1. The number of likely N-dealkylation sites (tertiary alicyclic amines) is 2. The van der Waals surface area contributed by atoms with E-state index in [1.54, 1.807) is 11.3 Å². The maximum absolute atomic E-state index is 14.2. The normalized spacial score (nSPS) is 21.3. The molecule has 256 valence electrons. The summed E-state index contributed by atoms with van der Waals surface area (Å²) in [4.78, 5) is 51.8. The molecule has 3 N–H and O–H groups in total. The predicted octanol–water partition coefficient (Wildman–Crippen LogP) is 4.41. The Labute approximate surface area is 288 Å². The molecule has 0 bridgehead atoms. The minimum Gasteiger partial charge on any atom is -0.397 e. The quantitative estimate of drug-likeness (QED) is 0.400. The number of hydrogen-bond donors (Lipinski definition) is 2. The molecule has 3 fully saturated rings.